The Hall–Kier alpha value is 1.02. The van der Waals surface area contributed by atoms with Crippen molar-refractivity contribution in [3.8, 4) is 0 Å². The van der Waals surface area contributed by atoms with Crippen LogP contribution in [0.25, 0.3) is 0 Å². The van der Waals surface area contributed by atoms with Crippen LogP contribution in [-0.2, 0) is 4.79 Å². The second kappa shape index (κ2) is 5.56. The number of alkyl halides is 6. The maximum Gasteiger partial charge on any atom is 0.347 e. The van der Waals surface area contributed by atoms with Gasteiger partial charge in [-0.15, -0.1) is 0 Å². The molecule has 0 bridgehead atoms. The van der Waals surface area contributed by atoms with Gasteiger partial charge in [0.05, 0.1) is 0 Å². The van der Waals surface area contributed by atoms with Crippen molar-refractivity contribution < 1.29 is 14.0 Å². The van der Waals surface area contributed by atoms with E-state index in [1.54, 1.807) is 0 Å². The van der Waals surface area contributed by atoms with E-state index in [4.69, 9.17) is 58.0 Å². The lowest BCUT2D eigenvalue weighted by Gasteiger charge is -2.19. The van der Waals surface area contributed by atoms with E-state index >= 15 is 0 Å². The van der Waals surface area contributed by atoms with Crippen LogP contribution in [0.3, 0.4) is 0 Å². The third-order valence-corrected chi connectivity index (χ3v) is 3.80. The van der Waals surface area contributed by atoms with Crippen LogP contribution < -0.4 is 0 Å². The zero-order chi connectivity index (χ0) is 13.4. The number of carbonyl (C=O) groups excluding carboxylic acids is 2. The minimum atomic E-state index is -2.73. The Morgan fingerprint density at radius 3 is 2.06 bits per heavy atom. The Balaban J connectivity index is 2.72. The van der Waals surface area contributed by atoms with Crippen molar-refractivity contribution in [3.05, 3.63) is 0 Å². The Bertz CT molecular complexity index is 346. The average molecular weight is 382 g/mol. The van der Waals surface area contributed by atoms with E-state index in [1.807, 2.05) is 0 Å². The van der Waals surface area contributed by atoms with Gasteiger partial charge in [-0.1, -0.05) is 58.0 Å². The van der Waals surface area contributed by atoms with Gasteiger partial charge in [0, 0.05) is 23.9 Å². The minimum Gasteiger partial charge on any atom is -0.271 e. The fourth-order valence-electron chi connectivity index (χ4n) is 0.852. The Labute approximate surface area is 129 Å². The first-order valence-electron chi connectivity index (χ1n) is 3.66. The van der Waals surface area contributed by atoms with Crippen LogP contribution in [0.4, 0.5) is 9.18 Å². The van der Waals surface area contributed by atoms with E-state index in [0.29, 0.717) is 16.3 Å². The number of halogens is 6. The maximum absolute atomic E-state index is 12.9. The van der Waals surface area contributed by atoms with Gasteiger partial charge in [0.2, 0.25) is 0 Å². The summed E-state index contributed by atoms with van der Waals surface area (Å²) in [6.45, 7) is -0.414. The lowest BCUT2D eigenvalue weighted by Crippen LogP contribution is -2.28. The number of imide groups is 1. The van der Waals surface area contributed by atoms with Crippen LogP contribution in [-0.4, -0.2) is 34.1 Å². The summed E-state index contributed by atoms with van der Waals surface area (Å²) in [6.07, 6.45) is 0. The molecule has 1 saturated heterocycles. The van der Waals surface area contributed by atoms with Gasteiger partial charge >= 0.3 is 9.95 Å². The minimum absolute atomic E-state index is 0.149. The van der Waals surface area contributed by atoms with E-state index in [9.17, 15) is 14.0 Å². The third kappa shape index (κ3) is 5.26. The number of hydrogen-bond acceptors (Lipinski definition) is 4. The molecule has 1 heterocycles. The van der Waals surface area contributed by atoms with Gasteiger partial charge < -0.3 is 0 Å². The summed E-state index contributed by atoms with van der Waals surface area (Å²) in [5.41, 5.74) is 0. The molecule has 4 nitrogen and oxygen atoms in total. The fraction of sp³-hybridized carbons (Fsp3) is 0.600. The van der Waals surface area contributed by atoms with E-state index in [0.717, 1.165) is 4.31 Å². The molecule has 3 amide bonds. The van der Waals surface area contributed by atoms with Crippen LogP contribution in [0, 0.1) is 0 Å². The molecule has 12 heteroatoms. The van der Waals surface area contributed by atoms with Gasteiger partial charge in [-0.3, -0.25) is 9.10 Å². The summed E-state index contributed by atoms with van der Waals surface area (Å²) < 4.78 is 9.60. The van der Waals surface area contributed by atoms with Gasteiger partial charge in [-0.05, 0) is 0 Å². The smallest absolute Gasteiger partial charge is 0.271 e. The number of nitrogens with zero attached hydrogens (tertiary/aromatic N) is 2. The van der Waals surface area contributed by atoms with Crippen LogP contribution in [0.1, 0.15) is 0 Å². The third-order valence-electron chi connectivity index (χ3n) is 1.30. The van der Waals surface area contributed by atoms with Crippen molar-refractivity contribution in [3.63, 3.8) is 0 Å². The molecular formula is C5H2Cl5FN2O2S2. The SMILES string of the molecule is O=C1CN(SC(F)(Cl)Cl)C(=O)N1SC(Cl)(Cl)Cl. The Morgan fingerprint density at radius 2 is 1.65 bits per heavy atom. The van der Waals surface area contributed by atoms with Crippen molar-refractivity contribution >= 4 is 93.8 Å². The largest absolute Gasteiger partial charge is 0.347 e. The molecule has 0 aromatic carbocycles. The highest BCUT2D eigenvalue weighted by atomic mass is 35.6. The van der Waals surface area contributed by atoms with Crippen LogP contribution >= 0.6 is 81.9 Å². The first-order valence-corrected chi connectivity index (χ1v) is 7.09. The summed E-state index contributed by atoms with van der Waals surface area (Å²) >= 11 is 26.9. The molecule has 0 aromatic rings. The van der Waals surface area contributed by atoms with E-state index in [1.165, 1.54) is 0 Å². The van der Waals surface area contributed by atoms with E-state index in [-0.39, 0.29) is 11.9 Å². The monoisotopic (exact) mass is 380 g/mol. The van der Waals surface area contributed by atoms with Gasteiger partial charge in [0.15, 0.2) is 0 Å². The molecule has 0 aromatic heterocycles. The standard InChI is InChI=1S/C5H2Cl5FN2O2S2/c6-4(7,8)16-13-2(14)1-12(3(13)15)17-5(9,10)11/h1H2. The molecule has 1 fully saturated rings. The number of amides is 3. The summed E-state index contributed by atoms with van der Waals surface area (Å²) in [5, 5.41) is 0. The zero-order valence-corrected chi connectivity index (χ0v) is 12.9. The quantitative estimate of drug-likeness (QED) is 0.421. The van der Waals surface area contributed by atoms with Crippen molar-refractivity contribution in [1.82, 2.24) is 8.61 Å². The molecular weight excluding hydrogens is 380 g/mol. The number of urea groups is 1. The van der Waals surface area contributed by atoms with Gasteiger partial charge in [0.25, 0.3) is 9.03 Å². The van der Waals surface area contributed by atoms with Gasteiger partial charge in [-0.2, -0.15) is 8.70 Å². The molecule has 98 valence electrons. The first-order chi connectivity index (χ1) is 7.49. The molecule has 0 atom stereocenters. The lowest BCUT2D eigenvalue weighted by molar-refractivity contribution is -0.121. The van der Waals surface area contributed by atoms with E-state index < -0.39 is 25.5 Å². The number of carbonyl (C=O) groups is 2. The lowest BCUT2D eigenvalue weighted by atomic mass is 10.7. The van der Waals surface area contributed by atoms with Crippen molar-refractivity contribution in [2.24, 2.45) is 0 Å². The second-order valence-corrected chi connectivity index (χ2v) is 9.56. The van der Waals surface area contributed by atoms with Crippen molar-refractivity contribution in [2.75, 3.05) is 6.54 Å². The predicted octanol–water partition coefficient (Wildman–Crippen LogP) is 3.93. The summed E-state index contributed by atoms with van der Waals surface area (Å²) in [6, 6.07) is -0.875. The van der Waals surface area contributed by atoms with Crippen molar-refractivity contribution in [2.45, 2.75) is 7.04 Å². The highest BCUT2D eigenvalue weighted by Gasteiger charge is 2.45. The fourth-order valence-corrected chi connectivity index (χ4v) is 3.15. The molecule has 17 heavy (non-hydrogen) atoms. The molecule has 0 N–H and O–H groups in total. The summed E-state index contributed by atoms with van der Waals surface area (Å²) in [4.78, 5) is 23.0. The molecule has 0 saturated carbocycles. The molecule has 0 radical (unpaired) electrons. The van der Waals surface area contributed by atoms with Crippen molar-refractivity contribution in [1.29, 1.82) is 0 Å². The Kier molecular flexibility index (Phi) is 5.26. The molecule has 0 aliphatic carbocycles. The van der Waals surface area contributed by atoms with Crippen LogP contribution in [0.5, 0.6) is 0 Å². The predicted molar refractivity (Wildman–Crippen MR) is 70.0 cm³/mol. The normalized spacial score (nSPS) is 18.2. The maximum atomic E-state index is 12.9. The van der Waals surface area contributed by atoms with E-state index in [2.05, 4.69) is 0 Å². The van der Waals surface area contributed by atoms with Crippen LogP contribution in [0.15, 0.2) is 0 Å². The molecule has 0 unspecified atom stereocenters. The number of rotatable bonds is 3. The second-order valence-electron chi connectivity index (χ2n) is 2.58. The zero-order valence-electron chi connectivity index (χ0n) is 7.50. The highest BCUT2D eigenvalue weighted by molar-refractivity contribution is 8.04. The average Bonchev–Trinajstić information content (AvgIpc) is 2.27. The topological polar surface area (TPSA) is 40.6 Å². The highest BCUT2D eigenvalue weighted by Crippen LogP contribution is 2.45. The first kappa shape index (κ1) is 16.1. The summed E-state index contributed by atoms with van der Waals surface area (Å²) in [5.74, 6) is -0.670. The van der Waals surface area contributed by atoms with Gasteiger partial charge in [0.1, 0.15) is 6.54 Å². The molecule has 0 spiro atoms. The molecule has 1 rings (SSSR count). The van der Waals surface area contributed by atoms with Gasteiger partial charge in [-0.25, -0.2) is 4.79 Å². The Morgan fingerprint density at radius 1 is 1.12 bits per heavy atom. The molecule has 1 aliphatic rings. The summed E-state index contributed by atoms with van der Waals surface area (Å²) in [7, 11) is 0. The number of hydrogen-bond donors (Lipinski definition) is 0. The molecule has 1 aliphatic heterocycles. The van der Waals surface area contributed by atoms with Crippen LogP contribution in [0.2, 0.25) is 0 Å².